The Labute approximate surface area is 137 Å². The van der Waals surface area contributed by atoms with E-state index in [-0.39, 0.29) is 5.82 Å². The first-order valence-electron chi connectivity index (χ1n) is 5.97. The molecule has 0 N–H and O–H groups in total. The minimum absolute atomic E-state index is 0.227. The number of imidazole rings is 1. The number of thiazole rings is 1. The SMILES string of the molecule is Fc1cc2c(cc1I)nc(CCl)n2CCc1nccs1. The summed E-state index contributed by atoms with van der Waals surface area (Å²) in [6.45, 7) is 0.700. The van der Waals surface area contributed by atoms with Gasteiger partial charge in [0.05, 0.1) is 25.5 Å². The number of nitrogens with zero attached hydrogens (tertiary/aromatic N) is 3. The number of alkyl halides is 1. The number of hydrogen-bond donors (Lipinski definition) is 0. The molecule has 0 atom stereocenters. The number of rotatable bonds is 4. The summed E-state index contributed by atoms with van der Waals surface area (Å²) in [5.74, 6) is 0.847. The lowest BCUT2D eigenvalue weighted by Gasteiger charge is -2.06. The van der Waals surface area contributed by atoms with Crippen molar-refractivity contribution >= 4 is 56.6 Å². The van der Waals surface area contributed by atoms with Gasteiger partial charge in [0.15, 0.2) is 0 Å². The van der Waals surface area contributed by atoms with Gasteiger partial charge in [-0.05, 0) is 28.7 Å². The summed E-state index contributed by atoms with van der Waals surface area (Å²) in [6, 6.07) is 3.28. The molecule has 0 saturated heterocycles. The predicted molar refractivity (Wildman–Crippen MR) is 87.8 cm³/mol. The molecule has 7 heteroatoms. The summed E-state index contributed by atoms with van der Waals surface area (Å²) >= 11 is 9.54. The second-order valence-electron chi connectivity index (χ2n) is 4.24. The lowest BCUT2D eigenvalue weighted by atomic mass is 10.3. The van der Waals surface area contributed by atoms with Gasteiger partial charge in [-0.25, -0.2) is 14.4 Å². The second-order valence-corrected chi connectivity index (χ2v) is 6.65. The number of benzene rings is 1. The van der Waals surface area contributed by atoms with Crippen molar-refractivity contribution in [3.05, 3.63) is 43.9 Å². The van der Waals surface area contributed by atoms with Crippen molar-refractivity contribution in [2.45, 2.75) is 18.8 Å². The highest BCUT2D eigenvalue weighted by Gasteiger charge is 2.13. The quantitative estimate of drug-likeness (QED) is 0.466. The molecule has 0 fully saturated rings. The lowest BCUT2D eigenvalue weighted by molar-refractivity contribution is 0.619. The van der Waals surface area contributed by atoms with E-state index in [9.17, 15) is 4.39 Å². The summed E-state index contributed by atoms with van der Waals surface area (Å²) in [5, 5.41) is 3.00. The Morgan fingerprint density at radius 1 is 1.40 bits per heavy atom. The van der Waals surface area contributed by atoms with E-state index < -0.39 is 0 Å². The average molecular weight is 422 g/mol. The molecule has 0 radical (unpaired) electrons. The number of aryl methyl sites for hydroxylation is 2. The van der Waals surface area contributed by atoms with Gasteiger partial charge in [0.2, 0.25) is 0 Å². The van der Waals surface area contributed by atoms with E-state index in [0.717, 1.165) is 28.3 Å². The van der Waals surface area contributed by atoms with E-state index in [0.29, 0.717) is 16.0 Å². The molecule has 104 valence electrons. The maximum absolute atomic E-state index is 13.8. The third-order valence-corrected chi connectivity index (χ3v) is 4.93. The van der Waals surface area contributed by atoms with Crippen LogP contribution in [-0.2, 0) is 18.8 Å². The third-order valence-electron chi connectivity index (χ3n) is 3.02. The molecule has 2 heterocycles. The van der Waals surface area contributed by atoms with Crippen molar-refractivity contribution in [3.63, 3.8) is 0 Å². The molecule has 1 aromatic carbocycles. The molecule has 3 rings (SSSR count). The van der Waals surface area contributed by atoms with Crippen LogP contribution in [0.3, 0.4) is 0 Å². The van der Waals surface area contributed by atoms with Crippen molar-refractivity contribution in [1.29, 1.82) is 0 Å². The van der Waals surface area contributed by atoms with Crippen LogP contribution in [0.2, 0.25) is 0 Å². The zero-order chi connectivity index (χ0) is 14.1. The first kappa shape index (κ1) is 14.2. The van der Waals surface area contributed by atoms with Gasteiger partial charge in [-0.2, -0.15) is 0 Å². The highest BCUT2D eigenvalue weighted by atomic mass is 127. The number of fused-ring (bicyclic) bond motifs is 1. The number of aromatic nitrogens is 3. The van der Waals surface area contributed by atoms with Gasteiger partial charge in [-0.1, -0.05) is 0 Å². The highest BCUT2D eigenvalue weighted by Crippen LogP contribution is 2.23. The maximum Gasteiger partial charge on any atom is 0.138 e. The molecule has 20 heavy (non-hydrogen) atoms. The van der Waals surface area contributed by atoms with E-state index >= 15 is 0 Å². The molecular formula is C13H10ClFIN3S. The number of halogens is 3. The number of hydrogen-bond acceptors (Lipinski definition) is 3. The van der Waals surface area contributed by atoms with Crippen LogP contribution in [0.15, 0.2) is 23.7 Å². The van der Waals surface area contributed by atoms with E-state index in [4.69, 9.17) is 11.6 Å². The second kappa shape index (κ2) is 5.95. The van der Waals surface area contributed by atoms with Gasteiger partial charge in [0.25, 0.3) is 0 Å². The van der Waals surface area contributed by atoms with Crippen LogP contribution in [0.25, 0.3) is 11.0 Å². The Morgan fingerprint density at radius 3 is 2.95 bits per heavy atom. The van der Waals surface area contributed by atoms with Crippen LogP contribution in [0, 0.1) is 9.39 Å². The van der Waals surface area contributed by atoms with Gasteiger partial charge in [0, 0.05) is 30.6 Å². The largest absolute Gasteiger partial charge is 0.326 e. The predicted octanol–water partition coefficient (Wildman–Crippen LogP) is 4.22. The smallest absolute Gasteiger partial charge is 0.138 e. The van der Waals surface area contributed by atoms with E-state index in [1.807, 2.05) is 32.5 Å². The Bertz CT molecular complexity index is 742. The topological polar surface area (TPSA) is 30.7 Å². The Morgan fingerprint density at radius 2 is 2.25 bits per heavy atom. The minimum Gasteiger partial charge on any atom is -0.326 e. The summed E-state index contributed by atoms with van der Waals surface area (Å²) in [5.41, 5.74) is 1.57. The molecule has 0 amide bonds. The van der Waals surface area contributed by atoms with E-state index in [1.165, 1.54) is 6.07 Å². The highest BCUT2D eigenvalue weighted by molar-refractivity contribution is 14.1. The first-order valence-corrected chi connectivity index (χ1v) is 8.47. The van der Waals surface area contributed by atoms with Crippen LogP contribution < -0.4 is 0 Å². The third kappa shape index (κ3) is 2.68. The molecule has 0 aliphatic heterocycles. The summed E-state index contributed by atoms with van der Waals surface area (Å²) in [6.07, 6.45) is 2.58. The fourth-order valence-corrected chi connectivity index (χ4v) is 3.37. The minimum atomic E-state index is -0.227. The van der Waals surface area contributed by atoms with Crippen molar-refractivity contribution in [3.8, 4) is 0 Å². The van der Waals surface area contributed by atoms with Crippen LogP contribution in [0.1, 0.15) is 10.8 Å². The van der Waals surface area contributed by atoms with Crippen molar-refractivity contribution in [1.82, 2.24) is 14.5 Å². The van der Waals surface area contributed by atoms with Crippen LogP contribution in [0.5, 0.6) is 0 Å². The fourth-order valence-electron chi connectivity index (χ4n) is 2.11. The monoisotopic (exact) mass is 421 g/mol. The zero-order valence-corrected chi connectivity index (χ0v) is 14.0. The van der Waals surface area contributed by atoms with Crippen molar-refractivity contribution in [2.75, 3.05) is 0 Å². The van der Waals surface area contributed by atoms with Crippen LogP contribution in [-0.4, -0.2) is 14.5 Å². The van der Waals surface area contributed by atoms with Gasteiger partial charge in [-0.3, -0.25) is 0 Å². The molecule has 3 aromatic rings. The van der Waals surface area contributed by atoms with Gasteiger partial charge >= 0.3 is 0 Å². The van der Waals surface area contributed by atoms with Crippen LogP contribution >= 0.6 is 45.5 Å². The van der Waals surface area contributed by atoms with Crippen molar-refractivity contribution in [2.24, 2.45) is 0 Å². The summed E-state index contributed by atoms with van der Waals surface area (Å²) in [4.78, 5) is 8.74. The van der Waals surface area contributed by atoms with E-state index in [2.05, 4.69) is 9.97 Å². The summed E-state index contributed by atoms with van der Waals surface area (Å²) < 4.78 is 16.3. The average Bonchev–Trinajstić information content (AvgIpc) is 3.05. The molecule has 0 aliphatic carbocycles. The molecule has 0 spiro atoms. The lowest BCUT2D eigenvalue weighted by Crippen LogP contribution is -2.05. The molecule has 3 nitrogen and oxygen atoms in total. The van der Waals surface area contributed by atoms with Gasteiger partial charge < -0.3 is 4.57 Å². The van der Waals surface area contributed by atoms with Crippen molar-refractivity contribution < 1.29 is 4.39 Å². The Balaban J connectivity index is 2.01. The standard InChI is InChI=1S/C13H10ClFIN3S/c14-7-12-18-10-6-9(16)8(15)5-11(10)19(12)3-1-13-17-2-4-20-13/h2,4-6H,1,3,7H2. The molecule has 0 bridgehead atoms. The Hall–Kier alpha value is -0.730. The van der Waals surface area contributed by atoms with Gasteiger partial charge in [-0.15, -0.1) is 22.9 Å². The molecule has 0 unspecified atom stereocenters. The molecule has 2 aromatic heterocycles. The first-order chi connectivity index (χ1) is 9.69. The fraction of sp³-hybridized carbons (Fsp3) is 0.231. The molecule has 0 aliphatic rings. The normalized spacial score (nSPS) is 11.3. The zero-order valence-electron chi connectivity index (χ0n) is 10.3. The maximum atomic E-state index is 13.8. The van der Waals surface area contributed by atoms with Crippen LogP contribution in [0.4, 0.5) is 4.39 Å². The van der Waals surface area contributed by atoms with Gasteiger partial charge in [0.1, 0.15) is 11.6 Å². The molecule has 0 saturated carbocycles. The Kier molecular flexibility index (Phi) is 4.23. The summed E-state index contributed by atoms with van der Waals surface area (Å²) in [7, 11) is 0. The van der Waals surface area contributed by atoms with E-state index in [1.54, 1.807) is 23.6 Å². The molecular weight excluding hydrogens is 412 g/mol.